The van der Waals surface area contributed by atoms with E-state index >= 15 is 0 Å². The summed E-state index contributed by atoms with van der Waals surface area (Å²) in [6.07, 6.45) is -1.38. The number of carboxylic acids is 1. The van der Waals surface area contributed by atoms with Crippen molar-refractivity contribution in [3.05, 3.63) is 28.7 Å². The molecule has 1 heterocycles. The molecule has 1 fully saturated rings. The van der Waals surface area contributed by atoms with Crippen LogP contribution in [-0.2, 0) is 14.8 Å². The van der Waals surface area contributed by atoms with Crippen LogP contribution in [0.25, 0.3) is 0 Å². The van der Waals surface area contributed by atoms with E-state index in [0.29, 0.717) is 4.47 Å². The third-order valence-corrected chi connectivity index (χ3v) is 5.73. The van der Waals surface area contributed by atoms with E-state index in [2.05, 4.69) is 15.9 Å². The van der Waals surface area contributed by atoms with E-state index in [9.17, 15) is 18.0 Å². The summed E-state index contributed by atoms with van der Waals surface area (Å²) in [6.45, 7) is -0.698. The number of piperazine rings is 1. The van der Waals surface area contributed by atoms with E-state index in [0.717, 1.165) is 9.21 Å². The van der Waals surface area contributed by atoms with Gasteiger partial charge in [0.05, 0.1) is 4.90 Å². The normalized spacial score (nSPS) is 19.9. The summed E-state index contributed by atoms with van der Waals surface area (Å²) in [5, 5.41) is 18.1. The van der Waals surface area contributed by atoms with Crippen LogP contribution >= 0.6 is 15.9 Å². The number of aliphatic carboxylic acids is 1. The Bertz CT molecular complexity index is 690. The second kappa shape index (κ2) is 6.23. The van der Waals surface area contributed by atoms with Gasteiger partial charge in [0.15, 0.2) is 0 Å². The fourth-order valence-corrected chi connectivity index (χ4v) is 3.87. The number of sulfonamides is 1. The van der Waals surface area contributed by atoms with Crippen LogP contribution in [0.2, 0.25) is 0 Å². The summed E-state index contributed by atoms with van der Waals surface area (Å²) in [6, 6.07) is 4.51. The van der Waals surface area contributed by atoms with Crippen LogP contribution in [0.4, 0.5) is 4.79 Å². The van der Waals surface area contributed by atoms with E-state index in [1.807, 2.05) is 0 Å². The predicted molar refractivity (Wildman–Crippen MR) is 79.1 cm³/mol. The van der Waals surface area contributed by atoms with Crippen molar-refractivity contribution in [2.75, 3.05) is 19.6 Å². The number of rotatable bonds is 3. The zero-order valence-corrected chi connectivity index (χ0v) is 13.6. The van der Waals surface area contributed by atoms with Gasteiger partial charge in [-0.2, -0.15) is 4.31 Å². The fourth-order valence-electron chi connectivity index (χ4n) is 2.17. The first kappa shape index (κ1) is 16.7. The average Bonchev–Trinajstić information content (AvgIpc) is 2.46. The molecule has 2 N–H and O–H groups in total. The minimum atomic E-state index is -3.86. The van der Waals surface area contributed by atoms with Gasteiger partial charge in [-0.3, -0.25) is 4.90 Å². The van der Waals surface area contributed by atoms with Gasteiger partial charge in [-0.1, -0.05) is 15.9 Å². The topological polar surface area (TPSA) is 115 Å². The highest BCUT2D eigenvalue weighted by atomic mass is 79.9. The number of hydrogen-bond donors (Lipinski definition) is 2. The second-order valence-electron chi connectivity index (χ2n) is 4.65. The quantitative estimate of drug-likeness (QED) is 0.788. The molecule has 22 heavy (non-hydrogen) atoms. The summed E-state index contributed by atoms with van der Waals surface area (Å²) < 4.78 is 26.7. The minimum absolute atomic E-state index is 0.0311. The van der Waals surface area contributed by atoms with Crippen LogP contribution in [0.3, 0.4) is 0 Å². The lowest BCUT2D eigenvalue weighted by atomic mass is 10.2. The Morgan fingerprint density at radius 1 is 1.14 bits per heavy atom. The number of nitrogens with zero attached hydrogens (tertiary/aromatic N) is 2. The molecule has 1 aromatic rings. The molecule has 1 unspecified atom stereocenters. The smallest absolute Gasteiger partial charge is 0.408 e. The fraction of sp³-hybridized carbons (Fsp3) is 0.333. The Labute approximate surface area is 135 Å². The van der Waals surface area contributed by atoms with Gasteiger partial charge < -0.3 is 10.2 Å². The molecule has 0 bridgehead atoms. The van der Waals surface area contributed by atoms with E-state index in [-0.39, 0.29) is 18.0 Å². The summed E-state index contributed by atoms with van der Waals surface area (Å²) in [5.41, 5.74) is 0. The molecule has 0 saturated carbocycles. The van der Waals surface area contributed by atoms with Crippen LogP contribution in [0.5, 0.6) is 0 Å². The average molecular weight is 393 g/mol. The van der Waals surface area contributed by atoms with Gasteiger partial charge in [-0.05, 0) is 24.3 Å². The maximum absolute atomic E-state index is 12.5. The van der Waals surface area contributed by atoms with E-state index in [1.165, 1.54) is 12.1 Å². The van der Waals surface area contributed by atoms with Crippen molar-refractivity contribution in [2.24, 2.45) is 0 Å². The Hall–Kier alpha value is -1.65. The van der Waals surface area contributed by atoms with Crippen LogP contribution in [0.1, 0.15) is 0 Å². The molecule has 10 heteroatoms. The van der Waals surface area contributed by atoms with Crippen LogP contribution in [0, 0.1) is 0 Å². The molecular weight excluding hydrogens is 380 g/mol. The zero-order valence-electron chi connectivity index (χ0n) is 11.2. The minimum Gasteiger partial charge on any atom is -0.480 e. The van der Waals surface area contributed by atoms with Crippen molar-refractivity contribution in [2.45, 2.75) is 10.9 Å². The molecule has 1 atom stereocenters. The molecule has 0 aliphatic carbocycles. The van der Waals surface area contributed by atoms with Crippen molar-refractivity contribution in [1.82, 2.24) is 9.21 Å². The number of benzene rings is 1. The largest absolute Gasteiger partial charge is 0.480 e. The number of amides is 1. The Kier molecular flexibility index (Phi) is 4.73. The molecule has 120 valence electrons. The predicted octanol–water partition coefficient (Wildman–Crippen LogP) is 0.887. The molecule has 8 nitrogen and oxygen atoms in total. The molecule has 1 saturated heterocycles. The lowest BCUT2D eigenvalue weighted by molar-refractivity contribution is -0.143. The van der Waals surface area contributed by atoms with Crippen LogP contribution in [0.15, 0.2) is 33.6 Å². The Balaban J connectivity index is 2.28. The summed E-state index contributed by atoms with van der Waals surface area (Å²) in [5.74, 6) is -1.38. The lowest BCUT2D eigenvalue weighted by Gasteiger charge is -2.36. The van der Waals surface area contributed by atoms with Crippen molar-refractivity contribution in [3.63, 3.8) is 0 Å². The third-order valence-electron chi connectivity index (χ3n) is 3.33. The molecule has 1 aromatic carbocycles. The number of halogens is 1. The van der Waals surface area contributed by atoms with Gasteiger partial charge in [0.25, 0.3) is 0 Å². The van der Waals surface area contributed by atoms with Gasteiger partial charge in [-0.25, -0.2) is 18.0 Å². The standard InChI is InChI=1S/C12H13BrN2O6S/c13-8-1-3-9(4-2-8)22(20,21)14-5-6-15(12(18)19)10(7-14)11(16)17/h1-4,10H,5-7H2,(H,16,17)(H,18,19). The van der Waals surface area contributed by atoms with Crippen molar-refractivity contribution >= 4 is 38.0 Å². The molecule has 1 aliphatic rings. The highest BCUT2D eigenvalue weighted by Crippen LogP contribution is 2.22. The van der Waals surface area contributed by atoms with Gasteiger partial charge in [0.1, 0.15) is 6.04 Å². The molecule has 1 aliphatic heterocycles. The molecule has 1 amide bonds. The van der Waals surface area contributed by atoms with Gasteiger partial charge in [-0.15, -0.1) is 0 Å². The first-order valence-electron chi connectivity index (χ1n) is 6.21. The molecular formula is C12H13BrN2O6S. The maximum Gasteiger partial charge on any atom is 0.408 e. The highest BCUT2D eigenvalue weighted by molar-refractivity contribution is 9.10. The highest BCUT2D eigenvalue weighted by Gasteiger charge is 2.39. The van der Waals surface area contributed by atoms with E-state index in [1.54, 1.807) is 12.1 Å². The van der Waals surface area contributed by atoms with Gasteiger partial charge in [0.2, 0.25) is 10.0 Å². The second-order valence-corrected chi connectivity index (χ2v) is 7.50. The van der Waals surface area contributed by atoms with Crippen molar-refractivity contribution in [1.29, 1.82) is 0 Å². The van der Waals surface area contributed by atoms with Crippen molar-refractivity contribution < 1.29 is 28.2 Å². The Morgan fingerprint density at radius 2 is 1.73 bits per heavy atom. The third kappa shape index (κ3) is 3.23. The summed E-state index contributed by atoms with van der Waals surface area (Å²) in [4.78, 5) is 23.0. The maximum atomic E-state index is 12.5. The SMILES string of the molecule is O=C(O)C1CN(S(=O)(=O)c2ccc(Br)cc2)CCN1C(=O)O. The lowest BCUT2D eigenvalue weighted by Crippen LogP contribution is -2.59. The molecule has 0 aromatic heterocycles. The summed E-state index contributed by atoms with van der Waals surface area (Å²) >= 11 is 3.20. The van der Waals surface area contributed by atoms with Crippen LogP contribution in [-0.4, -0.2) is 65.6 Å². The molecule has 0 radical (unpaired) electrons. The van der Waals surface area contributed by atoms with E-state index in [4.69, 9.17) is 10.2 Å². The number of hydrogen-bond acceptors (Lipinski definition) is 4. The van der Waals surface area contributed by atoms with Crippen molar-refractivity contribution in [3.8, 4) is 0 Å². The van der Waals surface area contributed by atoms with Gasteiger partial charge in [0, 0.05) is 24.1 Å². The Morgan fingerprint density at radius 3 is 2.23 bits per heavy atom. The van der Waals surface area contributed by atoms with Crippen LogP contribution < -0.4 is 0 Å². The molecule has 2 rings (SSSR count). The zero-order chi connectivity index (χ0) is 16.5. The first-order chi connectivity index (χ1) is 10.2. The first-order valence-corrected chi connectivity index (χ1v) is 8.45. The molecule has 0 spiro atoms. The monoisotopic (exact) mass is 392 g/mol. The van der Waals surface area contributed by atoms with Gasteiger partial charge >= 0.3 is 12.1 Å². The number of carboxylic acid groups (broad SMARTS) is 2. The number of carbonyl (C=O) groups is 2. The summed E-state index contributed by atoms with van der Waals surface area (Å²) in [7, 11) is -3.86. The van der Waals surface area contributed by atoms with E-state index < -0.39 is 34.7 Å².